The van der Waals surface area contributed by atoms with Crippen molar-refractivity contribution in [3.8, 4) is 5.69 Å². The van der Waals surface area contributed by atoms with Crippen molar-refractivity contribution >= 4 is 5.97 Å². The molecule has 0 radical (unpaired) electrons. The van der Waals surface area contributed by atoms with E-state index in [-0.39, 0.29) is 5.56 Å². The van der Waals surface area contributed by atoms with Crippen LogP contribution < -0.4 is 11.2 Å². The number of aryl methyl sites for hydroxylation is 1. The number of rotatable bonds is 4. The van der Waals surface area contributed by atoms with E-state index in [9.17, 15) is 14.4 Å². The number of carboxylic acid groups (broad SMARTS) is 1. The number of hydrogen-bond acceptors (Lipinski definition) is 3. The van der Waals surface area contributed by atoms with Crippen LogP contribution in [0.15, 0.2) is 40.1 Å². The highest BCUT2D eigenvalue weighted by atomic mass is 16.4. The maximum Gasteiger partial charge on any atom is 0.332 e. The fourth-order valence-corrected chi connectivity index (χ4v) is 1.92. The summed E-state index contributed by atoms with van der Waals surface area (Å²) in [6, 6.07) is 6.98. The van der Waals surface area contributed by atoms with Gasteiger partial charge in [-0.1, -0.05) is 19.1 Å². The molecule has 1 aromatic carbocycles. The van der Waals surface area contributed by atoms with E-state index >= 15 is 0 Å². The molecule has 6 nitrogen and oxygen atoms in total. The Labute approximate surface area is 114 Å². The first-order valence-electron chi connectivity index (χ1n) is 6.17. The number of nitrogens with one attached hydrogen (secondary N) is 1. The number of carbonyl (C=O) groups is 1. The molecule has 0 amide bonds. The molecule has 0 saturated carbocycles. The average molecular weight is 274 g/mol. The first kappa shape index (κ1) is 13.8. The van der Waals surface area contributed by atoms with Gasteiger partial charge in [-0.25, -0.2) is 9.36 Å². The summed E-state index contributed by atoms with van der Waals surface area (Å²) in [6.07, 6.45) is 1.57. The number of nitrogens with zero attached hydrogens (tertiary/aromatic N) is 1. The summed E-state index contributed by atoms with van der Waals surface area (Å²) in [4.78, 5) is 37.0. The van der Waals surface area contributed by atoms with E-state index in [1.807, 2.05) is 19.1 Å². The van der Waals surface area contributed by atoms with Crippen molar-refractivity contribution in [1.29, 1.82) is 0 Å². The number of H-pyrrole nitrogens is 1. The highest BCUT2D eigenvalue weighted by molar-refractivity contribution is 5.69. The van der Waals surface area contributed by atoms with Crippen molar-refractivity contribution in [2.24, 2.45) is 0 Å². The van der Waals surface area contributed by atoms with Crippen LogP contribution in [0.2, 0.25) is 0 Å². The summed E-state index contributed by atoms with van der Waals surface area (Å²) in [5, 5.41) is 8.75. The minimum atomic E-state index is -1.12. The van der Waals surface area contributed by atoms with Crippen LogP contribution in [0.1, 0.15) is 18.1 Å². The highest BCUT2D eigenvalue weighted by Crippen LogP contribution is 2.07. The summed E-state index contributed by atoms with van der Waals surface area (Å²) >= 11 is 0. The Balaban J connectivity index is 2.57. The second-order valence-corrected chi connectivity index (χ2v) is 4.35. The van der Waals surface area contributed by atoms with Gasteiger partial charge in [-0.05, 0) is 24.1 Å². The predicted octanol–water partition coefficient (Wildman–Crippen LogP) is 0.715. The maximum absolute atomic E-state index is 12.2. The zero-order valence-corrected chi connectivity index (χ0v) is 10.9. The SMILES string of the molecule is CCc1ccc(-n2c(=O)[nH]cc(CC(=O)O)c2=O)cc1. The van der Waals surface area contributed by atoms with Crippen molar-refractivity contribution < 1.29 is 9.90 Å². The first-order valence-corrected chi connectivity index (χ1v) is 6.17. The van der Waals surface area contributed by atoms with Gasteiger partial charge in [0, 0.05) is 11.8 Å². The zero-order valence-electron chi connectivity index (χ0n) is 10.9. The van der Waals surface area contributed by atoms with Gasteiger partial charge in [-0.3, -0.25) is 9.59 Å². The molecule has 0 aliphatic carbocycles. The number of hydrogen-bond donors (Lipinski definition) is 2. The van der Waals surface area contributed by atoms with Crippen molar-refractivity contribution in [3.63, 3.8) is 0 Å². The summed E-state index contributed by atoms with van der Waals surface area (Å²) in [6.45, 7) is 2.00. The van der Waals surface area contributed by atoms with E-state index in [0.717, 1.165) is 22.7 Å². The molecule has 0 aliphatic rings. The molecule has 2 N–H and O–H groups in total. The Bertz CT molecular complexity index is 741. The molecule has 1 aromatic heterocycles. The van der Waals surface area contributed by atoms with Gasteiger partial charge in [0.1, 0.15) is 0 Å². The molecule has 0 aliphatic heterocycles. The lowest BCUT2D eigenvalue weighted by Gasteiger charge is -2.07. The lowest BCUT2D eigenvalue weighted by atomic mass is 10.1. The van der Waals surface area contributed by atoms with Crippen molar-refractivity contribution in [2.75, 3.05) is 0 Å². The predicted molar refractivity (Wildman–Crippen MR) is 73.4 cm³/mol. The molecule has 6 heteroatoms. The molecule has 0 atom stereocenters. The monoisotopic (exact) mass is 274 g/mol. The molecule has 0 spiro atoms. The molecular formula is C14H14N2O4. The topological polar surface area (TPSA) is 92.2 Å². The fourth-order valence-electron chi connectivity index (χ4n) is 1.92. The van der Waals surface area contributed by atoms with Gasteiger partial charge in [0.05, 0.1) is 12.1 Å². The van der Waals surface area contributed by atoms with Gasteiger partial charge >= 0.3 is 11.7 Å². The molecular weight excluding hydrogens is 260 g/mol. The Kier molecular flexibility index (Phi) is 3.84. The number of aromatic nitrogens is 2. The van der Waals surface area contributed by atoms with E-state index < -0.39 is 23.6 Å². The number of benzene rings is 1. The van der Waals surface area contributed by atoms with Crippen LogP contribution in [0, 0.1) is 0 Å². The first-order chi connectivity index (χ1) is 9.52. The van der Waals surface area contributed by atoms with Gasteiger partial charge in [-0.15, -0.1) is 0 Å². The fraction of sp³-hybridized carbons (Fsp3) is 0.214. The lowest BCUT2D eigenvalue weighted by molar-refractivity contribution is -0.136. The van der Waals surface area contributed by atoms with Gasteiger partial charge in [0.2, 0.25) is 0 Å². The van der Waals surface area contributed by atoms with Crippen molar-refractivity contribution in [2.45, 2.75) is 19.8 Å². The third-order valence-electron chi connectivity index (χ3n) is 3.00. The minimum Gasteiger partial charge on any atom is -0.481 e. The lowest BCUT2D eigenvalue weighted by Crippen LogP contribution is -2.36. The van der Waals surface area contributed by atoms with E-state index in [0.29, 0.717) is 5.69 Å². The molecule has 2 rings (SSSR count). The Morgan fingerprint density at radius 3 is 2.45 bits per heavy atom. The van der Waals surface area contributed by atoms with Gasteiger partial charge in [0.25, 0.3) is 5.56 Å². The molecule has 104 valence electrons. The van der Waals surface area contributed by atoms with Crippen LogP contribution in [0.5, 0.6) is 0 Å². The van der Waals surface area contributed by atoms with E-state index in [1.165, 1.54) is 0 Å². The number of carboxylic acids is 1. The second-order valence-electron chi connectivity index (χ2n) is 4.35. The molecule has 0 bridgehead atoms. The maximum atomic E-state index is 12.2. The molecule has 1 heterocycles. The van der Waals surface area contributed by atoms with Crippen LogP contribution in [0.3, 0.4) is 0 Å². The molecule has 0 fully saturated rings. The summed E-state index contributed by atoms with van der Waals surface area (Å²) in [5.41, 5.74) is 0.339. The van der Waals surface area contributed by atoms with E-state index in [4.69, 9.17) is 5.11 Å². The third-order valence-corrected chi connectivity index (χ3v) is 3.00. The van der Waals surface area contributed by atoms with Crippen LogP contribution >= 0.6 is 0 Å². The standard InChI is InChI=1S/C14H14N2O4/c1-2-9-3-5-11(6-4-9)16-13(19)10(7-12(17)18)8-15-14(16)20/h3-6,8H,2,7H2,1H3,(H,15,20)(H,17,18). The summed E-state index contributed by atoms with van der Waals surface area (Å²) < 4.78 is 0.942. The average Bonchev–Trinajstić information content (AvgIpc) is 2.42. The largest absolute Gasteiger partial charge is 0.481 e. The number of aliphatic carboxylic acids is 1. The second kappa shape index (κ2) is 5.56. The van der Waals surface area contributed by atoms with Crippen LogP contribution in [0.25, 0.3) is 5.69 Å². The zero-order chi connectivity index (χ0) is 14.7. The summed E-state index contributed by atoms with van der Waals surface area (Å²) in [5.74, 6) is -1.12. The summed E-state index contributed by atoms with van der Waals surface area (Å²) in [7, 11) is 0. The Hall–Kier alpha value is -2.63. The van der Waals surface area contributed by atoms with Gasteiger partial charge in [-0.2, -0.15) is 0 Å². The molecule has 2 aromatic rings. The van der Waals surface area contributed by atoms with Gasteiger partial charge in [0.15, 0.2) is 0 Å². The highest BCUT2D eigenvalue weighted by Gasteiger charge is 2.11. The Morgan fingerprint density at radius 2 is 1.90 bits per heavy atom. The minimum absolute atomic E-state index is 0.0386. The van der Waals surface area contributed by atoms with Crippen molar-refractivity contribution in [3.05, 3.63) is 62.4 Å². The van der Waals surface area contributed by atoms with Crippen molar-refractivity contribution in [1.82, 2.24) is 9.55 Å². The van der Waals surface area contributed by atoms with E-state index in [2.05, 4.69) is 4.98 Å². The molecule has 20 heavy (non-hydrogen) atoms. The van der Waals surface area contributed by atoms with Crippen LogP contribution in [-0.4, -0.2) is 20.6 Å². The third kappa shape index (κ3) is 2.69. The van der Waals surface area contributed by atoms with Crippen LogP contribution in [-0.2, 0) is 17.6 Å². The quantitative estimate of drug-likeness (QED) is 0.859. The molecule has 0 unspecified atom stereocenters. The van der Waals surface area contributed by atoms with Gasteiger partial charge < -0.3 is 10.1 Å². The normalized spacial score (nSPS) is 10.4. The Morgan fingerprint density at radius 1 is 1.25 bits per heavy atom. The van der Waals surface area contributed by atoms with E-state index in [1.54, 1.807) is 12.1 Å². The number of aromatic amines is 1. The van der Waals surface area contributed by atoms with Crippen LogP contribution in [0.4, 0.5) is 0 Å². The molecule has 0 saturated heterocycles. The smallest absolute Gasteiger partial charge is 0.332 e.